The number of hydrogen-bond acceptors (Lipinski definition) is 5. The Labute approximate surface area is 147 Å². The van der Waals surface area contributed by atoms with E-state index in [2.05, 4.69) is 25.7 Å². The van der Waals surface area contributed by atoms with Crippen LogP contribution in [0.3, 0.4) is 0 Å². The molecule has 1 aliphatic rings. The fraction of sp³-hybridized carbons (Fsp3) is 0.438. The molecule has 0 saturated carbocycles. The number of guanidine groups is 1. The maximum Gasteiger partial charge on any atom is 0.191 e. The summed E-state index contributed by atoms with van der Waals surface area (Å²) in [5.74, 6) is 1.06. The molecule has 0 radical (unpaired) electrons. The van der Waals surface area contributed by atoms with Gasteiger partial charge in [-0.05, 0) is 31.0 Å². The number of nitrogens with one attached hydrogen (secondary N) is 2. The van der Waals surface area contributed by atoms with E-state index in [1.165, 1.54) is 6.33 Å². The standard InChI is InChI=1S/C16H22N6O2S/c1-2-18-16(21-14-7-8-25(23,24)10-14)19-9-13-3-5-15(6-4-13)22-12-17-11-20-22/h3-6,11-12,14H,2,7-10H2,1H3,(H2,18,19,21). The highest BCUT2D eigenvalue weighted by Gasteiger charge is 2.28. The van der Waals surface area contributed by atoms with E-state index in [1.54, 1.807) is 11.0 Å². The lowest BCUT2D eigenvalue weighted by Crippen LogP contribution is -2.44. The number of hydrogen-bond donors (Lipinski definition) is 2. The third-order valence-electron chi connectivity index (χ3n) is 3.96. The van der Waals surface area contributed by atoms with Crippen LogP contribution in [0.25, 0.3) is 5.69 Å². The number of aliphatic imine (C=N–C) groups is 1. The maximum absolute atomic E-state index is 11.6. The van der Waals surface area contributed by atoms with Gasteiger partial charge in [0.2, 0.25) is 0 Å². The van der Waals surface area contributed by atoms with Crippen LogP contribution in [-0.4, -0.2) is 53.2 Å². The van der Waals surface area contributed by atoms with Crippen LogP contribution in [0.4, 0.5) is 0 Å². The van der Waals surface area contributed by atoms with Crippen molar-refractivity contribution in [1.82, 2.24) is 25.4 Å². The molecule has 1 aromatic heterocycles. The van der Waals surface area contributed by atoms with Crippen LogP contribution in [-0.2, 0) is 16.4 Å². The van der Waals surface area contributed by atoms with Crippen molar-refractivity contribution in [2.75, 3.05) is 18.1 Å². The zero-order valence-electron chi connectivity index (χ0n) is 14.1. The van der Waals surface area contributed by atoms with E-state index in [-0.39, 0.29) is 17.5 Å². The first-order valence-electron chi connectivity index (χ1n) is 8.25. The highest BCUT2D eigenvalue weighted by atomic mass is 32.2. The Kier molecular flexibility index (Phi) is 5.32. The second-order valence-electron chi connectivity index (χ2n) is 5.95. The molecule has 2 aromatic rings. The molecule has 134 valence electrons. The van der Waals surface area contributed by atoms with E-state index in [0.717, 1.165) is 17.8 Å². The van der Waals surface area contributed by atoms with Crippen molar-refractivity contribution >= 4 is 15.8 Å². The Bertz CT molecular complexity index is 815. The predicted molar refractivity (Wildman–Crippen MR) is 96.4 cm³/mol. The average Bonchev–Trinajstić information content (AvgIpc) is 3.23. The normalized spacial score (nSPS) is 19.7. The van der Waals surface area contributed by atoms with Crippen LogP contribution < -0.4 is 10.6 Å². The molecular weight excluding hydrogens is 340 g/mol. The van der Waals surface area contributed by atoms with E-state index in [4.69, 9.17) is 0 Å². The van der Waals surface area contributed by atoms with Gasteiger partial charge in [-0.3, -0.25) is 0 Å². The van der Waals surface area contributed by atoms with Gasteiger partial charge in [0.1, 0.15) is 12.7 Å². The summed E-state index contributed by atoms with van der Waals surface area (Å²) in [7, 11) is -2.91. The number of nitrogens with zero attached hydrogens (tertiary/aromatic N) is 4. The summed E-state index contributed by atoms with van der Waals surface area (Å²) in [6, 6.07) is 7.83. The molecule has 0 bridgehead atoms. The van der Waals surface area contributed by atoms with Crippen molar-refractivity contribution in [2.24, 2.45) is 4.99 Å². The van der Waals surface area contributed by atoms with Crippen molar-refractivity contribution in [2.45, 2.75) is 25.9 Å². The highest BCUT2D eigenvalue weighted by Crippen LogP contribution is 2.12. The van der Waals surface area contributed by atoms with Crippen molar-refractivity contribution in [1.29, 1.82) is 0 Å². The summed E-state index contributed by atoms with van der Waals surface area (Å²) in [4.78, 5) is 8.48. The summed E-state index contributed by atoms with van der Waals surface area (Å²) < 4.78 is 24.8. The van der Waals surface area contributed by atoms with Crippen molar-refractivity contribution in [3.8, 4) is 5.69 Å². The highest BCUT2D eigenvalue weighted by molar-refractivity contribution is 7.91. The Morgan fingerprint density at radius 2 is 2.16 bits per heavy atom. The number of benzene rings is 1. The minimum absolute atomic E-state index is 0.0718. The smallest absolute Gasteiger partial charge is 0.191 e. The molecule has 9 heteroatoms. The fourth-order valence-electron chi connectivity index (χ4n) is 2.69. The zero-order chi connectivity index (χ0) is 17.7. The van der Waals surface area contributed by atoms with Crippen LogP contribution in [0.1, 0.15) is 18.9 Å². The minimum atomic E-state index is -2.91. The van der Waals surface area contributed by atoms with E-state index in [0.29, 0.717) is 18.9 Å². The van der Waals surface area contributed by atoms with Gasteiger partial charge in [-0.1, -0.05) is 12.1 Å². The molecule has 1 aromatic carbocycles. The van der Waals surface area contributed by atoms with Crippen LogP contribution in [0.5, 0.6) is 0 Å². The van der Waals surface area contributed by atoms with Gasteiger partial charge >= 0.3 is 0 Å². The molecule has 1 unspecified atom stereocenters. The van der Waals surface area contributed by atoms with Gasteiger partial charge in [-0.25, -0.2) is 23.1 Å². The average molecular weight is 362 g/mol. The van der Waals surface area contributed by atoms with Crippen LogP contribution in [0, 0.1) is 0 Å². The predicted octanol–water partition coefficient (Wildman–Crippen LogP) is 0.510. The third kappa shape index (κ3) is 4.79. The van der Waals surface area contributed by atoms with Gasteiger partial charge in [-0.15, -0.1) is 0 Å². The molecule has 0 amide bonds. The maximum atomic E-state index is 11.6. The number of sulfone groups is 1. The Balaban J connectivity index is 1.63. The molecule has 1 atom stereocenters. The molecule has 2 heterocycles. The van der Waals surface area contributed by atoms with Gasteiger partial charge < -0.3 is 10.6 Å². The third-order valence-corrected chi connectivity index (χ3v) is 5.72. The quantitative estimate of drug-likeness (QED) is 0.594. The van der Waals surface area contributed by atoms with Crippen LogP contribution in [0.15, 0.2) is 41.9 Å². The summed E-state index contributed by atoms with van der Waals surface area (Å²) in [5.41, 5.74) is 1.99. The SMILES string of the molecule is CCNC(=NCc1ccc(-n2cncn2)cc1)NC1CCS(=O)(=O)C1. The minimum Gasteiger partial charge on any atom is -0.357 e. The van der Waals surface area contributed by atoms with Gasteiger partial charge in [0.25, 0.3) is 0 Å². The van der Waals surface area contributed by atoms with E-state index < -0.39 is 9.84 Å². The van der Waals surface area contributed by atoms with Gasteiger partial charge in [0, 0.05) is 12.6 Å². The summed E-state index contributed by atoms with van der Waals surface area (Å²) >= 11 is 0. The van der Waals surface area contributed by atoms with Crippen molar-refractivity contribution in [3.63, 3.8) is 0 Å². The van der Waals surface area contributed by atoms with Crippen LogP contribution >= 0.6 is 0 Å². The lowest BCUT2D eigenvalue weighted by Gasteiger charge is -2.15. The number of rotatable bonds is 5. The largest absolute Gasteiger partial charge is 0.357 e. The van der Waals surface area contributed by atoms with Crippen LogP contribution in [0.2, 0.25) is 0 Å². The van der Waals surface area contributed by atoms with Crippen molar-refractivity contribution in [3.05, 3.63) is 42.5 Å². The first-order chi connectivity index (χ1) is 12.1. The fourth-order valence-corrected chi connectivity index (χ4v) is 4.36. The lowest BCUT2D eigenvalue weighted by molar-refractivity contribution is 0.599. The molecule has 3 rings (SSSR count). The number of aromatic nitrogens is 3. The Morgan fingerprint density at radius 1 is 1.36 bits per heavy atom. The second-order valence-corrected chi connectivity index (χ2v) is 8.17. The van der Waals surface area contributed by atoms with E-state index in [9.17, 15) is 8.42 Å². The molecule has 8 nitrogen and oxygen atoms in total. The Hall–Kier alpha value is -2.42. The molecular formula is C16H22N6O2S. The summed E-state index contributed by atoms with van der Waals surface area (Å²) in [6.45, 7) is 3.21. The molecule has 1 aliphatic heterocycles. The van der Waals surface area contributed by atoms with Gasteiger partial charge in [-0.2, -0.15) is 5.10 Å². The van der Waals surface area contributed by atoms with Gasteiger partial charge in [0.05, 0.1) is 23.7 Å². The zero-order valence-corrected chi connectivity index (χ0v) is 14.9. The van der Waals surface area contributed by atoms with Crippen molar-refractivity contribution < 1.29 is 8.42 Å². The lowest BCUT2D eigenvalue weighted by atomic mass is 10.2. The molecule has 25 heavy (non-hydrogen) atoms. The Morgan fingerprint density at radius 3 is 2.76 bits per heavy atom. The van der Waals surface area contributed by atoms with Gasteiger partial charge in [0.15, 0.2) is 15.8 Å². The first-order valence-corrected chi connectivity index (χ1v) is 10.1. The van der Waals surface area contributed by atoms with E-state index in [1.807, 2.05) is 31.2 Å². The molecule has 2 N–H and O–H groups in total. The summed E-state index contributed by atoms with van der Waals surface area (Å²) in [5, 5.41) is 10.5. The topological polar surface area (TPSA) is 101 Å². The second kappa shape index (κ2) is 7.64. The molecule has 0 aliphatic carbocycles. The van der Waals surface area contributed by atoms with E-state index >= 15 is 0 Å². The molecule has 1 saturated heterocycles. The molecule has 0 spiro atoms. The molecule has 1 fully saturated rings. The summed E-state index contributed by atoms with van der Waals surface area (Å²) in [6.07, 6.45) is 3.77. The monoisotopic (exact) mass is 362 g/mol. The first kappa shape index (κ1) is 17.4.